The Morgan fingerprint density at radius 2 is 2.11 bits per heavy atom. The molecule has 2 rings (SSSR count). The third kappa shape index (κ3) is 3.95. The predicted octanol–water partition coefficient (Wildman–Crippen LogP) is -1.31. The van der Waals surface area contributed by atoms with Gasteiger partial charge in [-0.05, 0) is 0 Å². The lowest BCUT2D eigenvalue weighted by Crippen LogP contribution is -2.30. The number of H-pyrrole nitrogens is 3. The molecule has 0 aliphatic heterocycles. The van der Waals surface area contributed by atoms with E-state index in [1.165, 1.54) is 6.07 Å². The summed E-state index contributed by atoms with van der Waals surface area (Å²) in [5.74, 6) is -0.263. The molecule has 1 amide bonds. The van der Waals surface area contributed by atoms with Gasteiger partial charge in [0.05, 0.1) is 12.7 Å². The van der Waals surface area contributed by atoms with Crippen molar-refractivity contribution in [2.24, 2.45) is 0 Å². The topological polar surface area (TPSA) is 124 Å². The van der Waals surface area contributed by atoms with Gasteiger partial charge in [-0.15, -0.1) is 0 Å². The average Bonchev–Trinajstić information content (AvgIpc) is 2.80. The number of aromatic nitrogens is 4. The third-order valence-electron chi connectivity index (χ3n) is 2.44. The van der Waals surface area contributed by atoms with Crippen LogP contribution in [0.25, 0.3) is 0 Å². The summed E-state index contributed by atoms with van der Waals surface area (Å²) < 4.78 is 0. The molecule has 8 heteroatoms. The van der Waals surface area contributed by atoms with Crippen LogP contribution in [0.15, 0.2) is 28.2 Å². The Bertz CT molecular complexity index is 627. The Balaban J connectivity index is 1.84. The van der Waals surface area contributed by atoms with Crippen LogP contribution in [0.3, 0.4) is 0 Å². The van der Waals surface area contributed by atoms with Crippen LogP contribution >= 0.6 is 0 Å². The standard InChI is InChI=1S/C11H13N5O3/c17-9(13-2-1-7-5-12-6-14-7)3-8-4-10(18)16-11(19)15-8/h4-6H,1-3H2,(H,12,14)(H,13,17)(H2,15,16,18,19). The van der Waals surface area contributed by atoms with Gasteiger partial charge in [-0.1, -0.05) is 0 Å². The number of hydrogen-bond donors (Lipinski definition) is 4. The van der Waals surface area contributed by atoms with Crippen molar-refractivity contribution in [2.75, 3.05) is 6.54 Å². The minimum Gasteiger partial charge on any atom is -0.355 e. The number of carbonyl (C=O) groups excluding carboxylic acids is 1. The number of amides is 1. The van der Waals surface area contributed by atoms with E-state index in [1.807, 2.05) is 4.98 Å². The third-order valence-corrected chi connectivity index (χ3v) is 2.44. The summed E-state index contributed by atoms with van der Waals surface area (Å²) in [6.07, 6.45) is 3.85. The van der Waals surface area contributed by atoms with Gasteiger partial charge in [0.1, 0.15) is 0 Å². The SMILES string of the molecule is O=C(Cc1cc(=O)[nH]c(=O)[nH]1)NCCc1cnc[nH]1. The lowest BCUT2D eigenvalue weighted by Gasteiger charge is -2.03. The normalized spacial score (nSPS) is 10.3. The zero-order chi connectivity index (χ0) is 13.7. The minimum absolute atomic E-state index is 0.0395. The van der Waals surface area contributed by atoms with Gasteiger partial charge in [-0.25, -0.2) is 9.78 Å². The molecule has 0 fully saturated rings. The molecule has 0 aromatic carbocycles. The van der Waals surface area contributed by atoms with Crippen LogP contribution in [-0.4, -0.2) is 32.4 Å². The Labute approximate surface area is 107 Å². The highest BCUT2D eigenvalue weighted by molar-refractivity contribution is 5.77. The second kappa shape index (κ2) is 5.80. The summed E-state index contributed by atoms with van der Waals surface area (Å²) in [5.41, 5.74) is 0.0643. The van der Waals surface area contributed by atoms with Crippen molar-refractivity contribution in [1.29, 1.82) is 0 Å². The fourth-order valence-electron chi connectivity index (χ4n) is 1.61. The summed E-state index contributed by atoms with van der Waals surface area (Å²) in [5, 5.41) is 2.69. The Morgan fingerprint density at radius 3 is 2.79 bits per heavy atom. The molecule has 0 atom stereocenters. The maximum atomic E-state index is 11.6. The van der Waals surface area contributed by atoms with Crippen molar-refractivity contribution in [3.05, 3.63) is 50.8 Å². The molecule has 2 aromatic heterocycles. The smallest absolute Gasteiger partial charge is 0.325 e. The van der Waals surface area contributed by atoms with E-state index in [1.54, 1.807) is 12.5 Å². The minimum atomic E-state index is -0.618. The zero-order valence-electron chi connectivity index (χ0n) is 10.0. The maximum absolute atomic E-state index is 11.6. The first-order valence-electron chi connectivity index (χ1n) is 5.70. The molecule has 0 aliphatic carbocycles. The summed E-state index contributed by atoms with van der Waals surface area (Å²) in [7, 11) is 0. The second-order valence-electron chi connectivity index (χ2n) is 3.97. The van der Waals surface area contributed by atoms with Crippen molar-refractivity contribution in [3.8, 4) is 0 Å². The molecule has 2 aromatic rings. The molecule has 4 N–H and O–H groups in total. The van der Waals surface area contributed by atoms with E-state index >= 15 is 0 Å². The molecule has 0 saturated carbocycles. The van der Waals surface area contributed by atoms with Gasteiger partial charge in [0.25, 0.3) is 5.56 Å². The van der Waals surface area contributed by atoms with Crippen LogP contribution in [0.1, 0.15) is 11.4 Å². The van der Waals surface area contributed by atoms with Gasteiger partial charge in [-0.2, -0.15) is 0 Å². The number of carbonyl (C=O) groups is 1. The first-order chi connectivity index (χ1) is 9.13. The summed E-state index contributed by atoms with van der Waals surface area (Å²) in [4.78, 5) is 44.9. The van der Waals surface area contributed by atoms with Gasteiger partial charge < -0.3 is 15.3 Å². The molecule has 100 valence electrons. The first-order valence-corrected chi connectivity index (χ1v) is 5.70. The van der Waals surface area contributed by atoms with Crippen molar-refractivity contribution in [3.63, 3.8) is 0 Å². The van der Waals surface area contributed by atoms with Gasteiger partial charge in [-0.3, -0.25) is 14.6 Å². The van der Waals surface area contributed by atoms with E-state index in [0.717, 1.165) is 5.69 Å². The van der Waals surface area contributed by atoms with Crippen LogP contribution in [0.2, 0.25) is 0 Å². The second-order valence-corrected chi connectivity index (χ2v) is 3.97. The number of rotatable bonds is 5. The van der Waals surface area contributed by atoms with Gasteiger partial charge in [0.2, 0.25) is 5.91 Å². The van der Waals surface area contributed by atoms with Crippen LogP contribution < -0.4 is 16.6 Å². The van der Waals surface area contributed by atoms with E-state index in [0.29, 0.717) is 13.0 Å². The van der Waals surface area contributed by atoms with Gasteiger partial charge in [0, 0.05) is 36.6 Å². The molecule has 0 unspecified atom stereocenters. The molecule has 0 spiro atoms. The van der Waals surface area contributed by atoms with E-state index < -0.39 is 11.2 Å². The maximum Gasteiger partial charge on any atom is 0.325 e. The highest BCUT2D eigenvalue weighted by Gasteiger charge is 2.05. The van der Waals surface area contributed by atoms with Crippen LogP contribution in [0, 0.1) is 0 Å². The van der Waals surface area contributed by atoms with Crippen LogP contribution in [0.5, 0.6) is 0 Å². The monoisotopic (exact) mass is 263 g/mol. The summed E-state index contributed by atoms with van der Waals surface area (Å²) in [6.45, 7) is 0.453. The predicted molar refractivity (Wildman–Crippen MR) is 66.7 cm³/mol. The fourth-order valence-corrected chi connectivity index (χ4v) is 1.61. The largest absolute Gasteiger partial charge is 0.355 e. The van der Waals surface area contributed by atoms with E-state index in [2.05, 4.69) is 20.3 Å². The number of nitrogens with zero attached hydrogens (tertiary/aromatic N) is 1. The van der Waals surface area contributed by atoms with Crippen LogP contribution in [0.4, 0.5) is 0 Å². The molecule has 0 radical (unpaired) electrons. The summed E-state index contributed by atoms with van der Waals surface area (Å²) in [6, 6.07) is 1.19. The first kappa shape index (κ1) is 12.8. The van der Waals surface area contributed by atoms with Gasteiger partial charge in [0.15, 0.2) is 0 Å². The lowest BCUT2D eigenvalue weighted by atomic mass is 10.2. The Kier molecular flexibility index (Phi) is 3.91. The highest BCUT2D eigenvalue weighted by Crippen LogP contribution is 1.92. The van der Waals surface area contributed by atoms with E-state index in [9.17, 15) is 14.4 Å². The van der Waals surface area contributed by atoms with E-state index in [-0.39, 0.29) is 18.0 Å². The van der Waals surface area contributed by atoms with Gasteiger partial charge >= 0.3 is 5.69 Å². The van der Waals surface area contributed by atoms with Crippen molar-refractivity contribution >= 4 is 5.91 Å². The van der Waals surface area contributed by atoms with Crippen molar-refractivity contribution in [1.82, 2.24) is 25.3 Å². The lowest BCUT2D eigenvalue weighted by molar-refractivity contribution is -0.120. The zero-order valence-corrected chi connectivity index (χ0v) is 10.0. The number of imidazole rings is 1. The molecular formula is C11H13N5O3. The number of aromatic amines is 3. The number of nitrogens with one attached hydrogen (secondary N) is 4. The van der Waals surface area contributed by atoms with Crippen molar-refractivity contribution < 1.29 is 4.79 Å². The molecule has 19 heavy (non-hydrogen) atoms. The fraction of sp³-hybridized carbons (Fsp3) is 0.273. The van der Waals surface area contributed by atoms with E-state index in [4.69, 9.17) is 0 Å². The highest BCUT2D eigenvalue weighted by atomic mass is 16.2. The molecule has 8 nitrogen and oxygen atoms in total. The number of hydrogen-bond acceptors (Lipinski definition) is 4. The van der Waals surface area contributed by atoms with Crippen molar-refractivity contribution in [2.45, 2.75) is 12.8 Å². The average molecular weight is 263 g/mol. The molecule has 0 bridgehead atoms. The molecular weight excluding hydrogens is 250 g/mol. The Morgan fingerprint density at radius 1 is 1.26 bits per heavy atom. The molecule has 0 aliphatic rings. The summed E-state index contributed by atoms with van der Waals surface area (Å²) >= 11 is 0. The van der Waals surface area contributed by atoms with Crippen LogP contribution in [-0.2, 0) is 17.6 Å². The molecule has 2 heterocycles. The Hall–Kier alpha value is -2.64. The quantitative estimate of drug-likeness (QED) is 0.534. The molecule has 0 saturated heterocycles.